The summed E-state index contributed by atoms with van der Waals surface area (Å²) < 4.78 is 5.41. The first-order valence-corrected chi connectivity index (χ1v) is 8.58. The van der Waals surface area contributed by atoms with Crippen LogP contribution in [-0.4, -0.2) is 37.1 Å². The molecule has 1 aliphatic heterocycles. The molecule has 3 heteroatoms. The monoisotopic (exact) mass is 303 g/mol. The third kappa shape index (κ3) is 5.45. The van der Waals surface area contributed by atoms with E-state index in [1.165, 1.54) is 5.56 Å². The number of ether oxygens (including phenoxy) is 1. The Balaban J connectivity index is 1.73. The van der Waals surface area contributed by atoms with Gasteiger partial charge < -0.3 is 9.64 Å². The van der Waals surface area contributed by atoms with Crippen LogP contribution in [0.4, 0.5) is 0 Å². The van der Waals surface area contributed by atoms with E-state index in [1.807, 2.05) is 11.0 Å². The van der Waals surface area contributed by atoms with Crippen molar-refractivity contribution in [2.24, 2.45) is 11.8 Å². The van der Waals surface area contributed by atoms with Gasteiger partial charge in [0.2, 0.25) is 5.91 Å². The van der Waals surface area contributed by atoms with Crippen LogP contribution in [-0.2, 0) is 16.0 Å². The Morgan fingerprint density at radius 2 is 2.14 bits per heavy atom. The molecule has 1 aliphatic rings. The number of carbonyl (C=O) groups is 1. The molecule has 1 heterocycles. The molecule has 2 atom stereocenters. The van der Waals surface area contributed by atoms with Crippen LogP contribution in [0.15, 0.2) is 30.3 Å². The predicted octanol–water partition coefficient (Wildman–Crippen LogP) is 3.53. The highest BCUT2D eigenvalue weighted by molar-refractivity contribution is 5.76. The van der Waals surface area contributed by atoms with Crippen molar-refractivity contribution in [2.75, 3.05) is 26.3 Å². The van der Waals surface area contributed by atoms with Crippen molar-refractivity contribution < 1.29 is 9.53 Å². The van der Waals surface area contributed by atoms with E-state index in [2.05, 4.69) is 38.1 Å². The predicted molar refractivity (Wildman–Crippen MR) is 89.7 cm³/mol. The standard InChI is InChI=1S/C19H29NO2/c1-3-20(14-18-11-12-22-15-18)19(21)13-16(2)9-10-17-7-5-4-6-8-17/h4-8,16,18H,3,9-15H2,1-2H3/t16-,18-/m1/s1. The van der Waals surface area contributed by atoms with E-state index in [0.29, 0.717) is 24.2 Å². The lowest BCUT2D eigenvalue weighted by Gasteiger charge is -2.25. The third-order valence-corrected chi connectivity index (χ3v) is 4.53. The Kier molecular flexibility index (Phi) is 6.91. The fourth-order valence-corrected chi connectivity index (χ4v) is 3.03. The van der Waals surface area contributed by atoms with Crippen LogP contribution in [0.3, 0.4) is 0 Å². The van der Waals surface area contributed by atoms with Gasteiger partial charge in [-0.2, -0.15) is 0 Å². The summed E-state index contributed by atoms with van der Waals surface area (Å²) in [6.07, 6.45) is 3.87. The van der Waals surface area contributed by atoms with E-state index in [-0.39, 0.29) is 0 Å². The minimum absolute atomic E-state index is 0.301. The highest BCUT2D eigenvalue weighted by atomic mass is 16.5. The molecule has 1 aromatic carbocycles. The molecule has 0 spiro atoms. The van der Waals surface area contributed by atoms with Gasteiger partial charge in [-0.05, 0) is 37.7 Å². The Bertz CT molecular complexity index is 440. The number of hydrogen-bond donors (Lipinski definition) is 0. The zero-order chi connectivity index (χ0) is 15.8. The lowest BCUT2D eigenvalue weighted by molar-refractivity contribution is -0.132. The van der Waals surface area contributed by atoms with Gasteiger partial charge in [-0.25, -0.2) is 0 Å². The molecule has 22 heavy (non-hydrogen) atoms. The normalized spacial score (nSPS) is 19.1. The summed E-state index contributed by atoms with van der Waals surface area (Å²) >= 11 is 0. The number of carbonyl (C=O) groups excluding carboxylic acids is 1. The summed E-state index contributed by atoms with van der Waals surface area (Å²) in [6.45, 7) is 7.59. The topological polar surface area (TPSA) is 29.5 Å². The van der Waals surface area contributed by atoms with Crippen LogP contribution in [0, 0.1) is 11.8 Å². The highest BCUT2D eigenvalue weighted by Gasteiger charge is 2.22. The first kappa shape index (κ1) is 17.0. The molecule has 1 amide bonds. The number of benzene rings is 1. The van der Waals surface area contributed by atoms with Crippen molar-refractivity contribution >= 4 is 5.91 Å². The van der Waals surface area contributed by atoms with Gasteiger partial charge in [0, 0.05) is 32.0 Å². The fourth-order valence-electron chi connectivity index (χ4n) is 3.03. The second kappa shape index (κ2) is 8.94. The van der Waals surface area contributed by atoms with Gasteiger partial charge in [0.15, 0.2) is 0 Å². The van der Waals surface area contributed by atoms with Gasteiger partial charge in [-0.15, -0.1) is 0 Å². The molecule has 1 aromatic rings. The number of amides is 1. The first-order chi connectivity index (χ1) is 10.7. The summed E-state index contributed by atoms with van der Waals surface area (Å²) in [5.41, 5.74) is 1.36. The smallest absolute Gasteiger partial charge is 0.222 e. The Morgan fingerprint density at radius 3 is 2.77 bits per heavy atom. The van der Waals surface area contributed by atoms with Gasteiger partial charge in [-0.3, -0.25) is 4.79 Å². The SMILES string of the molecule is CCN(C[C@H]1CCOC1)C(=O)C[C@H](C)CCc1ccccc1. The van der Waals surface area contributed by atoms with Crippen LogP contribution in [0.25, 0.3) is 0 Å². The fraction of sp³-hybridized carbons (Fsp3) is 0.632. The number of rotatable bonds is 8. The van der Waals surface area contributed by atoms with Crippen molar-refractivity contribution in [3.63, 3.8) is 0 Å². The Labute approximate surface area is 134 Å². The van der Waals surface area contributed by atoms with Crippen molar-refractivity contribution in [2.45, 2.75) is 39.5 Å². The van der Waals surface area contributed by atoms with Crippen molar-refractivity contribution in [1.82, 2.24) is 4.90 Å². The van der Waals surface area contributed by atoms with Crippen LogP contribution >= 0.6 is 0 Å². The molecular weight excluding hydrogens is 274 g/mol. The highest BCUT2D eigenvalue weighted by Crippen LogP contribution is 2.17. The summed E-state index contributed by atoms with van der Waals surface area (Å²) in [5.74, 6) is 1.26. The van der Waals surface area contributed by atoms with Crippen molar-refractivity contribution in [1.29, 1.82) is 0 Å². The maximum Gasteiger partial charge on any atom is 0.222 e. The summed E-state index contributed by atoms with van der Waals surface area (Å²) in [4.78, 5) is 14.5. The minimum atomic E-state index is 0.301. The molecule has 0 radical (unpaired) electrons. The van der Waals surface area contributed by atoms with E-state index in [1.54, 1.807) is 0 Å². The molecule has 0 bridgehead atoms. The second-order valence-corrected chi connectivity index (χ2v) is 6.50. The van der Waals surface area contributed by atoms with Gasteiger partial charge in [0.05, 0.1) is 6.61 Å². The average molecular weight is 303 g/mol. The summed E-state index contributed by atoms with van der Waals surface area (Å²) in [7, 11) is 0. The number of hydrogen-bond acceptors (Lipinski definition) is 2. The van der Waals surface area contributed by atoms with Crippen LogP contribution in [0.5, 0.6) is 0 Å². The lowest BCUT2D eigenvalue weighted by Crippen LogP contribution is -2.36. The molecular formula is C19H29NO2. The molecule has 3 nitrogen and oxygen atoms in total. The second-order valence-electron chi connectivity index (χ2n) is 6.50. The molecule has 0 unspecified atom stereocenters. The van der Waals surface area contributed by atoms with Crippen LogP contribution < -0.4 is 0 Å². The first-order valence-electron chi connectivity index (χ1n) is 8.58. The van der Waals surface area contributed by atoms with Crippen molar-refractivity contribution in [3.05, 3.63) is 35.9 Å². The molecule has 0 saturated carbocycles. The summed E-state index contributed by atoms with van der Waals surface area (Å²) in [5, 5.41) is 0. The molecule has 0 N–H and O–H groups in total. The third-order valence-electron chi connectivity index (χ3n) is 4.53. The maximum atomic E-state index is 12.5. The van der Waals surface area contributed by atoms with Gasteiger partial charge >= 0.3 is 0 Å². The summed E-state index contributed by atoms with van der Waals surface area (Å²) in [6, 6.07) is 10.5. The molecule has 0 aromatic heterocycles. The van der Waals surface area contributed by atoms with Gasteiger partial charge in [-0.1, -0.05) is 37.3 Å². The van der Waals surface area contributed by atoms with Gasteiger partial charge in [0.25, 0.3) is 0 Å². The van der Waals surface area contributed by atoms with E-state index >= 15 is 0 Å². The Morgan fingerprint density at radius 1 is 1.36 bits per heavy atom. The largest absolute Gasteiger partial charge is 0.381 e. The molecule has 0 aliphatic carbocycles. The van der Waals surface area contributed by atoms with E-state index in [9.17, 15) is 4.79 Å². The lowest BCUT2D eigenvalue weighted by atomic mass is 9.97. The minimum Gasteiger partial charge on any atom is -0.381 e. The zero-order valence-corrected chi connectivity index (χ0v) is 14.0. The zero-order valence-electron chi connectivity index (χ0n) is 14.0. The van der Waals surface area contributed by atoms with Gasteiger partial charge in [0.1, 0.15) is 0 Å². The average Bonchev–Trinajstić information content (AvgIpc) is 3.04. The molecule has 1 fully saturated rings. The molecule has 2 rings (SSSR count). The van der Waals surface area contributed by atoms with E-state index < -0.39 is 0 Å². The van der Waals surface area contributed by atoms with E-state index in [0.717, 1.165) is 45.6 Å². The molecule has 122 valence electrons. The van der Waals surface area contributed by atoms with Crippen LogP contribution in [0.1, 0.15) is 38.7 Å². The number of nitrogens with zero attached hydrogens (tertiary/aromatic N) is 1. The molecule has 1 saturated heterocycles. The number of aryl methyl sites for hydroxylation is 1. The maximum absolute atomic E-state index is 12.5. The van der Waals surface area contributed by atoms with Crippen molar-refractivity contribution in [3.8, 4) is 0 Å². The van der Waals surface area contributed by atoms with Crippen LogP contribution in [0.2, 0.25) is 0 Å². The quantitative estimate of drug-likeness (QED) is 0.735. The van der Waals surface area contributed by atoms with E-state index in [4.69, 9.17) is 4.74 Å². The Hall–Kier alpha value is -1.35.